The summed E-state index contributed by atoms with van der Waals surface area (Å²) >= 11 is 3.33. The van der Waals surface area contributed by atoms with Crippen LogP contribution >= 0.6 is 23.1 Å². The minimum atomic E-state index is -2.42. The van der Waals surface area contributed by atoms with Gasteiger partial charge in [-0.1, -0.05) is 0 Å². The van der Waals surface area contributed by atoms with Crippen LogP contribution in [-0.4, -0.2) is 20.4 Å². The average Bonchev–Trinajstić information content (AvgIpc) is 2.06. The van der Waals surface area contributed by atoms with Crippen molar-refractivity contribution in [1.29, 1.82) is 0 Å². The van der Waals surface area contributed by atoms with E-state index >= 15 is 0 Å². The Morgan fingerprint density at radius 2 is 2.00 bits per heavy atom. The van der Waals surface area contributed by atoms with Crippen molar-refractivity contribution in [2.75, 3.05) is 26.2 Å². The van der Waals surface area contributed by atoms with E-state index in [2.05, 4.69) is 15.9 Å². The van der Waals surface area contributed by atoms with Crippen LogP contribution in [0.15, 0.2) is 16.6 Å². The number of hydrogen-bond acceptors (Lipinski definition) is 3. The number of benzene rings is 1. The van der Waals surface area contributed by atoms with Gasteiger partial charge in [-0.15, -0.1) is 0 Å². The molecule has 0 saturated heterocycles. The molecule has 0 atom stereocenters. The molecular formula is C9H13BrNO2P. The summed E-state index contributed by atoms with van der Waals surface area (Å²) in [7, 11) is -0.876. The van der Waals surface area contributed by atoms with E-state index < -0.39 is 7.14 Å². The fraction of sp³-hybridized carbons (Fsp3) is 0.333. The molecule has 3 nitrogen and oxygen atoms in total. The number of ether oxygens (including phenoxy) is 1. The highest BCUT2D eigenvalue weighted by atomic mass is 79.9. The van der Waals surface area contributed by atoms with Crippen LogP contribution in [0.4, 0.5) is 5.69 Å². The summed E-state index contributed by atoms with van der Waals surface area (Å²) in [6.07, 6.45) is 0. The summed E-state index contributed by atoms with van der Waals surface area (Å²) in [6, 6.07) is 3.51. The molecule has 1 aromatic rings. The molecule has 0 amide bonds. The summed E-state index contributed by atoms with van der Waals surface area (Å²) in [6.45, 7) is 3.35. The third kappa shape index (κ3) is 2.12. The third-order valence-electron chi connectivity index (χ3n) is 1.86. The van der Waals surface area contributed by atoms with Crippen molar-refractivity contribution >= 4 is 34.1 Å². The van der Waals surface area contributed by atoms with Gasteiger partial charge < -0.3 is 15.0 Å². The van der Waals surface area contributed by atoms with E-state index in [0.29, 0.717) is 16.7 Å². The predicted molar refractivity (Wildman–Crippen MR) is 64.2 cm³/mol. The minimum Gasteiger partial charge on any atom is -0.495 e. The Labute approximate surface area is 92.1 Å². The Balaban J connectivity index is 3.54. The first kappa shape index (κ1) is 11.6. The van der Waals surface area contributed by atoms with Crippen molar-refractivity contribution in [3.63, 3.8) is 0 Å². The quantitative estimate of drug-likeness (QED) is 0.667. The summed E-state index contributed by atoms with van der Waals surface area (Å²) in [5.74, 6) is 0.568. The molecule has 0 unspecified atom stereocenters. The molecular weight excluding hydrogens is 265 g/mol. The van der Waals surface area contributed by atoms with Gasteiger partial charge in [-0.3, -0.25) is 0 Å². The molecule has 1 aromatic carbocycles. The standard InChI is InChI=1S/C9H13BrNO2P/c1-13-8-6(10)4-5-7(11)9(8)14(2,3)12/h4-5H,11H2,1-3H3. The van der Waals surface area contributed by atoms with Crippen LogP contribution in [0.5, 0.6) is 5.75 Å². The first-order valence-electron chi connectivity index (χ1n) is 4.05. The maximum Gasteiger partial charge on any atom is 0.145 e. The maximum atomic E-state index is 12.0. The van der Waals surface area contributed by atoms with Crippen molar-refractivity contribution in [2.24, 2.45) is 0 Å². The fourth-order valence-electron chi connectivity index (χ4n) is 1.31. The van der Waals surface area contributed by atoms with E-state index in [9.17, 15) is 4.57 Å². The van der Waals surface area contributed by atoms with Crippen LogP contribution in [0.2, 0.25) is 0 Å². The van der Waals surface area contributed by atoms with Gasteiger partial charge in [0.25, 0.3) is 0 Å². The SMILES string of the molecule is COc1c(Br)ccc(N)c1P(C)(C)=O. The third-order valence-corrected chi connectivity index (χ3v) is 4.02. The van der Waals surface area contributed by atoms with Crippen molar-refractivity contribution in [3.8, 4) is 5.75 Å². The Morgan fingerprint density at radius 1 is 1.43 bits per heavy atom. The fourth-order valence-corrected chi connectivity index (χ4v) is 3.35. The topological polar surface area (TPSA) is 52.3 Å². The Hall–Kier alpha value is -0.470. The van der Waals surface area contributed by atoms with E-state index in [-0.39, 0.29) is 0 Å². The van der Waals surface area contributed by atoms with Crippen LogP contribution in [0.25, 0.3) is 0 Å². The zero-order valence-corrected chi connectivity index (χ0v) is 10.9. The number of halogens is 1. The van der Waals surface area contributed by atoms with Crippen LogP contribution in [0, 0.1) is 0 Å². The van der Waals surface area contributed by atoms with Crippen LogP contribution < -0.4 is 15.8 Å². The molecule has 0 aliphatic heterocycles. The monoisotopic (exact) mass is 277 g/mol. The molecule has 0 aliphatic rings. The van der Waals surface area contributed by atoms with Crippen molar-refractivity contribution in [2.45, 2.75) is 0 Å². The second-order valence-corrected chi connectivity index (χ2v) is 7.37. The zero-order valence-electron chi connectivity index (χ0n) is 8.37. The Morgan fingerprint density at radius 3 is 2.36 bits per heavy atom. The van der Waals surface area contributed by atoms with Gasteiger partial charge in [0.05, 0.1) is 16.9 Å². The van der Waals surface area contributed by atoms with Gasteiger partial charge >= 0.3 is 0 Å². The molecule has 0 bridgehead atoms. The van der Waals surface area contributed by atoms with Crippen LogP contribution in [-0.2, 0) is 4.57 Å². The van der Waals surface area contributed by atoms with Crippen LogP contribution in [0.3, 0.4) is 0 Å². The summed E-state index contributed by atoms with van der Waals surface area (Å²) in [5, 5.41) is 0.606. The highest BCUT2D eigenvalue weighted by Gasteiger charge is 2.22. The van der Waals surface area contributed by atoms with E-state index in [4.69, 9.17) is 10.5 Å². The van der Waals surface area contributed by atoms with Gasteiger partial charge in [-0.25, -0.2) is 0 Å². The van der Waals surface area contributed by atoms with Crippen molar-refractivity contribution in [3.05, 3.63) is 16.6 Å². The van der Waals surface area contributed by atoms with E-state index in [1.54, 1.807) is 32.6 Å². The lowest BCUT2D eigenvalue weighted by atomic mass is 10.3. The van der Waals surface area contributed by atoms with Crippen molar-refractivity contribution in [1.82, 2.24) is 0 Å². The van der Waals surface area contributed by atoms with Gasteiger partial charge in [0.15, 0.2) is 0 Å². The number of anilines is 1. The number of hydrogen-bond donors (Lipinski definition) is 1. The molecule has 0 spiro atoms. The van der Waals surface area contributed by atoms with Crippen molar-refractivity contribution < 1.29 is 9.30 Å². The normalized spacial score (nSPS) is 11.4. The Bertz CT molecular complexity index is 400. The largest absolute Gasteiger partial charge is 0.495 e. The lowest BCUT2D eigenvalue weighted by molar-refractivity contribution is 0.415. The van der Waals surface area contributed by atoms with Gasteiger partial charge in [-0.2, -0.15) is 0 Å². The average molecular weight is 278 g/mol. The van der Waals surface area contributed by atoms with E-state index in [0.717, 1.165) is 4.47 Å². The van der Waals surface area contributed by atoms with Gasteiger partial charge in [0.1, 0.15) is 12.9 Å². The maximum absolute atomic E-state index is 12.0. The summed E-state index contributed by atoms with van der Waals surface area (Å²) in [5.41, 5.74) is 6.29. The number of nitrogens with two attached hydrogens (primary N) is 1. The second-order valence-electron chi connectivity index (χ2n) is 3.37. The molecule has 1 rings (SSSR count). The van der Waals surface area contributed by atoms with Crippen LogP contribution in [0.1, 0.15) is 0 Å². The number of rotatable bonds is 2. The second kappa shape index (κ2) is 3.95. The molecule has 0 radical (unpaired) electrons. The number of nitrogen functional groups attached to an aromatic ring is 1. The minimum absolute atomic E-state index is 0.512. The lowest BCUT2D eigenvalue weighted by Gasteiger charge is -2.16. The lowest BCUT2D eigenvalue weighted by Crippen LogP contribution is -2.13. The summed E-state index contributed by atoms with van der Waals surface area (Å²) < 4.78 is 17.9. The molecule has 0 saturated carbocycles. The molecule has 0 heterocycles. The molecule has 5 heteroatoms. The first-order valence-corrected chi connectivity index (χ1v) is 7.45. The smallest absolute Gasteiger partial charge is 0.145 e. The molecule has 0 aliphatic carbocycles. The molecule has 78 valence electrons. The Kier molecular flexibility index (Phi) is 3.28. The zero-order chi connectivity index (χ0) is 10.9. The molecule has 0 fully saturated rings. The first-order chi connectivity index (χ1) is 6.38. The molecule has 14 heavy (non-hydrogen) atoms. The molecule has 0 aromatic heterocycles. The predicted octanol–water partition coefficient (Wildman–Crippen LogP) is 2.29. The van der Waals surface area contributed by atoms with E-state index in [1.165, 1.54) is 0 Å². The highest BCUT2D eigenvalue weighted by molar-refractivity contribution is 9.10. The summed E-state index contributed by atoms with van der Waals surface area (Å²) in [4.78, 5) is 0. The van der Waals surface area contributed by atoms with Gasteiger partial charge in [-0.05, 0) is 41.4 Å². The van der Waals surface area contributed by atoms with Gasteiger partial charge in [0, 0.05) is 5.69 Å². The van der Waals surface area contributed by atoms with E-state index in [1.807, 2.05) is 0 Å². The molecule has 2 N–H and O–H groups in total. The highest BCUT2D eigenvalue weighted by Crippen LogP contribution is 2.43. The number of methoxy groups -OCH3 is 1. The van der Waals surface area contributed by atoms with Gasteiger partial charge in [0.2, 0.25) is 0 Å².